The molecule has 5 nitrogen and oxygen atoms in total. The number of thioether (sulfide) groups is 1. The standard InChI is InChI=1S/C17H16N4OS2/c1-4-8-21-15(22)14(10-13-7-5-6-11(2)9-13)24-17(21)18-16-20-19-12(3)23-16/h4-7,9-10H,1,8H2,2-3H3/b14-10-,18-17+. The van der Waals surface area contributed by atoms with Crippen molar-refractivity contribution in [3.63, 3.8) is 0 Å². The van der Waals surface area contributed by atoms with Crippen LogP contribution in [0.5, 0.6) is 0 Å². The molecule has 0 radical (unpaired) electrons. The normalized spacial score (nSPS) is 17.9. The Morgan fingerprint density at radius 1 is 1.33 bits per heavy atom. The van der Waals surface area contributed by atoms with Gasteiger partial charge in [-0.3, -0.25) is 9.69 Å². The van der Waals surface area contributed by atoms with Gasteiger partial charge in [0.2, 0.25) is 5.13 Å². The number of aryl methyl sites for hydroxylation is 2. The van der Waals surface area contributed by atoms with E-state index in [0.717, 1.165) is 16.1 Å². The van der Waals surface area contributed by atoms with E-state index in [2.05, 4.69) is 21.8 Å². The number of benzene rings is 1. The Morgan fingerprint density at radius 2 is 2.17 bits per heavy atom. The minimum Gasteiger partial charge on any atom is -0.282 e. The van der Waals surface area contributed by atoms with E-state index in [1.807, 2.05) is 44.2 Å². The third kappa shape index (κ3) is 3.63. The summed E-state index contributed by atoms with van der Waals surface area (Å²) in [5, 5.41) is 9.96. The van der Waals surface area contributed by atoms with Crippen molar-refractivity contribution < 1.29 is 4.79 Å². The molecular weight excluding hydrogens is 340 g/mol. The van der Waals surface area contributed by atoms with E-state index in [4.69, 9.17) is 0 Å². The lowest BCUT2D eigenvalue weighted by molar-refractivity contribution is -0.121. The Hall–Kier alpha value is -2.25. The number of nitrogens with zero attached hydrogens (tertiary/aromatic N) is 4. The number of aromatic nitrogens is 2. The number of rotatable bonds is 4. The molecule has 0 aliphatic carbocycles. The van der Waals surface area contributed by atoms with Crippen molar-refractivity contribution in [2.24, 2.45) is 4.99 Å². The van der Waals surface area contributed by atoms with Gasteiger partial charge in [-0.15, -0.1) is 16.8 Å². The largest absolute Gasteiger partial charge is 0.282 e. The lowest BCUT2D eigenvalue weighted by Crippen LogP contribution is -2.29. The maximum atomic E-state index is 12.7. The van der Waals surface area contributed by atoms with Gasteiger partial charge < -0.3 is 0 Å². The van der Waals surface area contributed by atoms with Gasteiger partial charge in [0.1, 0.15) is 5.01 Å². The van der Waals surface area contributed by atoms with Crippen molar-refractivity contribution in [3.05, 3.63) is 58.0 Å². The number of carbonyl (C=O) groups is 1. The fraction of sp³-hybridized carbons (Fsp3) is 0.176. The summed E-state index contributed by atoms with van der Waals surface area (Å²) in [7, 11) is 0. The van der Waals surface area contributed by atoms with Crippen molar-refractivity contribution in [2.75, 3.05) is 6.54 Å². The van der Waals surface area contributed by atoms with Crippen LogP contribution >= 0.6 is 23.1 Å². The average molecular weight is 356 g/mol. The van der Waals surface area contributed by atoms with Crippen LogP contribution in [0.25, 0.3) is 6.08 Å². The fourth-order valence-corrected chi connectivity index (χ4v) is 3.81. The second kappa shape index (κ2) is 7.11. The first-order valence-electron chi connectivity index (χ1n) is 7.34. The average Bonchev–Trinajstić information content (AvgIpc) is 3.07. The van der Waals surface area contributed by atoms with Gasteiger partial charge in [-0.2, -0.15) is 4.99 Å². The molecule has 0 N–H and O–H groups in total. The second-order valence-electron chi connectivity index (χ2n) is 5.23. The Bertz CT molecular complexity index is 854. The molecule has 0 atom stereocenters. The Labute approximate surface area is 148 Å². The summed E-state index contributed by atoms with van der Waals surface area (Å²) in [5.74, 6) is -0.0682. The van der Waals surface area contributed by atoms with E-state index >= 15 is 0 Å². The SMILES string of the molecule is C=CCN1C(=O)/C(=C/c2cccc(C)c2)S/C1=N/c1nnc(C)s1. The third-order valence-electron chi connectivity index (χ3n) is 3.25. The van der Waals surface area contributed by atoms with E-state index < -0.39 is 0 Å². The molecule has 0 saturated carbocycles. The van der Waals surface area contributed by atoms with Gasteiger partial charge in [0.05, 0.1) is 4.91 Å². The van der Waals surface area contributed by atoms with E-state index in [1.165, 1.54) is 23.1 Å². The zero-order valence-corrected chi connectivity index (χ0v) is 15.0. The fourth-order valence-electron chi connectivity index (χ4n) is 2.21. The van der Waals surface area contributed by atoms with Gasteiger partial charge in [-0.05, 0) is 37.2 Å². The van der Waals surface area contributed by atoms with E-state index in [-0.39, 0.29) is 5.91 Å². The maximum absolute atomic E-state index is 12.7. The first-order chi connectivity index (χ1) is 11.6. The molecule has 0 bridgehead atoms. The number of aliphatic imine (C=N–C) groups is 1. The molecule has 7 heteroatoms. The lowest BCUT2D eigenvalue weighted by atomic mass is 10.1. The number of amidine groups is 1. The molecule has 0 unspecified atom stereocenters. The second-order valence-corrected chi connectivity index (χ2v) is 7.40. The molecule has 24 heavy (non-hydrogen) atoms. The highest BCUT2D eigenvalue weighted by atomic mass is 32.2. The Kier molecular flexibility index (Phi) is 4.92. The molecule has 1 aromatic heterocycles. The van der Waals surface area contributed by atoms with Gasteiger partial charge in [-0.1, -0.05) is 47.2 Å². The van der Waals surface area contributed by atoms with Gasteiger partial charge >= 0.3 is 0 Å². The summed E-state index contributed by atoms with van der Waals surface area (Å²) < 4.78 is 0. The minimum absolute atomic E-state index is 0.0682. The zero-order valence-electron chi connectivity index (χ0n) is 13.4. The predicted molar refractivity (Wildman–Crippen MR) is 100 cm³/mol. The van der Waals surface area contributed by atoms with Crippen LogP contribution in [0.3, 0.4) is 0 Å². The lowest BCUT2D eigenvalue weighted by Gasteiger charge is -2.11. The first-order valence-corrected chi connectivity index (χ1v) is 8.98. The highest BCUT2D eigenvalue weighted by Gasteiger charge is 2.32. The Morgan fingerprint density at radius 3 is 2.83 bits per heavy atom. The molecule has 1 aromatic carbocycles. The van der Waals surface area contributed by atoms with Crippen molar-refractivity contribution in [2.45, 2.75) is 13.8 Å². The van der Waals surface area contributed by atoms with Crippen LogP contribution in [-0.4, -0.2) is 32.7 Å². The van der Waals surface area contributed by atoms with Crippen LogP contribution in [0, 0.1) is 13.8 Å². The third-order valence-corrected chi connectivity index (χ3v) is 4.99. The van der Waals surface area contributed by atoms with Crippen molar-refractivity contribution in [1.82, 2.24) is 15.1 Å². The number of hydrogen-bond donors (Lipinski definition) is 0. The summed E-state index contributed by atoms with van der Waals surface area (Å²) in [5.41, 5.74) is 2.15. The summed E-state index contributed by atoms with van der Waals surface area (Å²) in [4.78, 5) is 19.4. The van der Waals surface area contributed by atoms with Crippen LogP contribution in [-0.2, 0) is 4.79 Å². The minimum atomic E-state index is -0.0682. The molecule has 0 spiro atoms. The van der Waals surface area contributed by atoms with Crippen LogP contribution in [0.15, 0.2) is 46.8 Å². The highest BCUT2D eigenvalue weighted by molar-refractivity contribution is 8.18. The smallest absolute Gasteiger partial charge is 0.267 e. The molecule has 1 amide bonds. The Balaban J connectivity index is 1.95. The van der Waals surface area contributed by atoms with Crippen LogP contribution in [0.4, 0.5) is 5.13 Å². The van der Waals surface area contributed by atoms with Crippen molar-refractivity contribution >= 4 is 45.4 Å². The predicted octanol–water partition coefficient (Wildman–Crippen LogP) is 3.94. The topological polar surface area (TPSA) is 58.5 Å². The highest BCUT2D eigenvalue weighted by Crippen LogP contribution is 2.34. The number of carbonyl (C=O) groups excluding carboxylic acids is 1. The van der Waals surface area contributed by atoms with E-state index in [0.29, 0.717) is 21.7 Å². The summed E-state index contributed by atoms with van der Waals surface area (Å²) in [6.07, 6.45) is 3.58. The van der Waals surface area contributed by atoms with Gasteiger partial charge in [0, 0.05) is 6.54 Å². The molecular formula is C17H16N4OS2. The van der Waals surface area contributed by atoms with Crippen LogP contribution < -0.4 is 0 Å². The van der Waals surface area contributed by atoms with Gasteiger partial charge in [-0.25, -0.2) is 0 Å². The summed E-state index contributed by atoms with van der Waals surface area (Å²) in [6, 6.07) is 8.03. The van der Waals surface area contributed by atoms with Gasteiger partial charge in [0.15, 0.2) is 5.17 Å². The first kappa shape index (κ1) is 16.6. The molecule has 3 rings (SSSR count). The van der Waals surface area contributed by atoms with Gasteiger partial charge in [0.25, 0.3) is 5.91 Å². The maximum Gasteiger partial charge on any atom is 0.267 e. The molecule has 2 heterocycles. The number of hydrogen-bond acceptors (Lipinski definition) is 6. The molecule has 1 saturated heterocycles. The number of amides is 1. The molecule has 1 fully saturated rings. The molecule has 1 aliphatic rings. The monoisotopic (exact) mass is 356 g/mol. The van der Waals surface area contributed by atoms with Crippen LogP contribution in [0.1, 0.15) is 16.1 Å². The van der Waals surface area contributed by atoms with Crippen LogP contribution in [0.2, 0.25) is 0 Å². The summed E-state index contributed by atoms with van der Waals surface area (Å²) >= 11 is 2.75. The summed E-state index contributed by atoms with van der Waals surface area (Å²) in [6.45, 7) is 8.03. The zero-order chi connectivity index (χ0) is 17.1. The van der Waals surface area contributed by atoms with E-state index in [9.17, 15) is 4.79 Å². The molecule has 122 valence electrons. The molecule has 1 aliphatic heterocycles. The van der Waals surface area contributed by atoms with E-state index in [1.54, 1.807) is 11.0 Å². The molecule has 2 aromatic rings. The quantitative estimate of drug-likeness (QED) is 0.615. The van der Waals surface area contributed by atoms with Crippen molar-refractivity contribution in [1.29, 1.82) is 0 Å². The van der Waals surface area contributed by atoms with Crippen molar-refractivity contribution in [3.8, 4) is 0 Å².